The summed E-state index contributed by atoms with van der Waals surface area (Å²) in [6.07, 6.45) is 8.23. The molecule has 0 spiro atoms. The van der Waals surface area contributed by atoms with Gasteiger partial charge in [-0.2, -0.15) is 5.26 Å². The van der Waals surface area contributed by atoms with Gasteiger partial charge in [-0.3, -0.25) is 4.79 Å². The zero-order valence-electron chi connectivity index (χ0n) is 14.5. The maximum absolute atomic E-state index is 12.5. The van der Waals surface area contributed by atoms with Crippen molar-refractivity contribution in [2.45, 2.75) is 42.7 Å². The number of benzene rings is 1. The van der Waals surface area contributed by atoms with Crippen LogP contribution < -0.4 is 10.1 Å². The van der Waals surface area contributed by atoms with Crippen molar-refractivity contribution >= 4 is 17.7 Å². The summed E-state index contributed by atoms with van der Waals surface area (Å²) >= 11 is 1.57. The van der Waals surface area contributed by atoms with Crippen LogP contribution in [0, 0.1) is 11.3 Å². The molecule has 3 rings (SSSR count). The van der Waals surface area contributed by atoms with Crippen molar-refractivity contribution in [1.29, 1.82) is 5.26 Å². The van der Waals surface area contributed by atoms with Crippen LogP contribution in [-0.2, 0) is 0 Å². The van der Waals surface area contributed by atoms with Gasteiger partial charge in [-0.05, 0) is 44.1 Å². The van der Waals surface area contributed by atoms with Crippen LogP contribution in [0.1, 0.15) is 41.7 Å². The van der Waals surface area contributed by atoms with Crippen LogP contribution in [0.2, 0.25) is 0 Å². The highest BCUT2D eigenvalue weighted by Gasteiger charge is 2.25. The molecule has 1 N–H and O–H groups in total. The minimum absolute atomic E-state index is 0.00886. The molecule has 0 unspecified atom stereocenters. The number of rotatable bonds is 5. The number of nitriles is 1. The van der Waals surface area contributed by atoms with Gasteiger partial charge in [-0.25, -0.2) is 9.97 Å². The summed E-state index contributed by atoms with van der Waals surface area (Å²) in [6.45, 7) is 0. The van der Waals surface area contributed by atoms with E-state index < -0.39 is 0 Å². The largest absolute Gasteiger partial charge is 0.472 e. The van der Waals surface area contributed by atoms with E-state index in [4.69, 9.17) is 10.00 Å². The van der Waals surface area contributed by atoms with Crippen LogP contribution in [0.3, 0.4) is 0 Å². The first-order valence-corrected chi connectivity index (χ1v) is 9.75. The van der Waals surface area contributed by atoms with Gasteiger partial charge < -0.3 is 10.1 Å². The minimum Gasteiger partial charge on any atom is -0.472 e. The normalized spacial score (nSPS) is 19.4. The maximum Gasteiger partial charge on any atom is 0.252 e. The number of amides is 1. The van der Waals surface area contributed by atoms with E-state index >= 15 is 0 Å². The Hall–Kier alpha value is -2.59. The fourth-order valence-electron chi connectivity index (χ4n) is 3.07. The third-order valence-corrected chi connectivity index (χ3v) is 5.21. The van der Waals surface area contributed by atoms with E-state index in [1.807, 2.05) is 36.6 Å². The molecule has 0 atom stereocenters. The molecule has 0 radical (unpaired) electrons. The molecule has 0 bridgehead atoms. The standard InChI is InChI=1S/C19H20N4O2S/c1-26-17-5-3-2-4-15(17)18(24)23-13-6-8-14(9-7-13)25-19-16(12-20)21-10-11-22-19/h2-5,10-11,13-14H,6-9H2,1H3,(H,23,24). The molecule has 134 valence electrons. The van der Waals surface area contributed by atoms with Crippen molar-refractivity contribution in [2.75, 3.05) is 6.26 Å². The maximum atomic E-state index is 12.5. The number of ether oxygens (including phenoxy) is 1. The van der Waals surface area contributed by atoms with E-state index in [0.717, 1.165) is 36.1 Å². The van der Waals surface area contributed by atoms with Crippen molar-refractivity contribution in [3.8, 4) is 11.9 Å². The van der Waals surface area contributed by atoms with Gasteiger partial charge in [0, 0.05) is 23.3 Å². The van der Waals surface area contributed by atoms with Gasteiger partial charge >= 0.3 is 0 Å². The van der Waals surface area contributed by atoms with Gasteiger partial charge in [0.2, 0.25) is 5.69 Å². The van der Waals surface area contributed by atoms with Crippen molar-refractivity contribution in [2.24, 2.45) is 0 Å². The van der Waals surface area contributed by atoms with Gasteiger partial charge in [0.15, 0.2) is 0 Å². The third-order valence-electron chi connectivity index (χ3n) is 4.41. The van der Waals surface area contributed by atoms with Crippen LogP contribution in [0.25, 0.3) is 0 Å². The highest BCUT2D eigenvalue weighted by molar-refractivity contribution is 7.98. The Labute approximate surface area is 157 Å². The fraction of sp³-hybridized carbons (Fsp3) is 0.368. The zero-order chi connectivity index (χ0) is 18.4. The lowest BCUT2D eigenvalue weighted by atomic mass is 9.92. The van der Waals surface area contributed by atoms with Gasteiger partial charge in [-0.15, -0.1) is 11.8 Å². The molecule has 1 aromatic carbocycles. The molecule has 0 aliphatic heterocycles. The lowest BCUT2D eigenvalue weighted by Crippen LogP contribution is -2.40. The van der Waals surface area contributed by atoms with E-state index in [1.54, 1.807) is 11.8 Å². The Morgan fingerprint density at radius 2 is 1.96 bits per heavy atom. The molecule has 6 nitrogen and oxygen atoms in total. The first kappa shape index (κ1) is 18.2. The number of hydrogen-bond acceptors (Lipinski definition) is 6. The third kappa shape index (κ3) is 4.33. The Morgan fingerprint density at radius 3 is 2.69 bits per heavy atom. The molecular weight excluding hydrogens is 348 g/mol. The molecule has 1 fully saturated rings. The van der Waals surface area contributed by atoms with Gasteiger partial charge in [0.1, 0.15) is 12.2 Å². The second-order valence-electron chi connectivity index (χ2n) is 6.09. The molecule has 2 aromatic rings. The summed E-state index contributed by atoms with van der Waals surface area (Å²) in [4.78, 5) is 21.6. The molecule has 1 aliphatic carbocycles. The minimum atomic E-state index is -0.0278. The average molecular weight is 368 g/mol. The number of aromatic nitrogens is 2. The zero-order valence-corrected chi connectivity index (χ0v) is 15.3. The number of carbonyl (C=O) groups is 1. The van der Waals surface area contributed by atoms with Crippen LogP contribution >= 0.6 is 11.8 Å². The molecule has 0 saturated heterocycles. The second-order valence-corrected chi connectivity index (χ2v) is 6.94. The average Bonchev–Trinajstić information content (AvgIpc) is 2.69. The predicted octanol–water partition coefficient (Wildman–Crippen LogP) is 3.19. The summed E-state index contributed by atoms with van der Waals surface area (Å²) in [6, 6.07) is 9.76. The molecule has 1 aliphatic rings. The summed E-state index contributed by atoms with van der Waals surface area (Å²) < 4.78 is 5.84. The van der Waals surface area contributed by atoms with E-state index in [2.05, 4.69) is 15.3 Å². The van der Waals surface area contributed by atoms with Crippen molar-refractivity contribution in [1.82, 2.24) is 15.3 Å². The quantitative estimate of drug-likeness (QED) is 0.816. The van der Waals surface area contributed by atoms with Crippen molar-refractivity contribution in [3.05, 3.63) is 47.9 Å². The molecule has 26 heavy (non-hydrogen) atoms. The highest BCUT2D eigenvalue weighted by Crippen LogP contribution is 2.25. The summed E-state index contributed by atoms with van der Waals surface area (Å²) in [5, 5.41) is 12.2. The summed E-state index contributed by atoms with van der Waals surface area (Å²) in [5.74, 6) is 0.261. The first-order chi connectivity index (χ1) is 12.7. The summed E-state index contributed by atoms with van der Waals surface area (Å²) in [7, 11) is 0. The number of nitrogens with zero attached hydrogens (tertiary/aromatic N) is 3. The SMILES string of the molecule is CSc1ccccc1C(=O)NC1CCC(Oc2nccnc2C#N)CC1. The van der Waals surface area contributed by atoms with Gasteiger partial charge in [0.05, 0.1) is 5.56 Å². The topological polar surface area (TPSA) is 87.9 Å². The Bertz CT molecular complexity index is 813. The second kappa shape index (κ2) is 8.68. The molecular formula is C19H20N4O2S. The Kier molecular flexibility index (Phi) is 6.08. The summed E-state index contributed by atoms with van der Waals surface area (Å²) in [5.41, 5.74) is 0.924. The predicted molar refractivity (Wildman–Crippen MR) is 99.1 cm³/mol. The van der Waals surface area contributed by atoms with E-state index in [1.165, 1.54) is 12.4 Å². The monoisotopic (exact) mass is 368 g/mol. The number of carbonyl (C=O) groups excluding carboxylic acids is 1. The fourth-order valence-corrected chi connectivity index (χ4v) is 3.66. The molecule has 1 saturated carbocycles. The van der Waals surface area contributed by atoms with Crippen molar-refractivity contribution in [3.63, 3.8) is 0 Å². The van der Waals surface area contributed by atoms with E-state index in [0.29, 0.717) is 0 Å². The number of nitrogens with one attached hydrogen (secondary N) is 1. The lowest BCUT2D eigenvalue weighted by molar-refractivity contribution is 0.0886. The molecule has 1 heterocycles. The Morgan fingerprint density at radius 1 is 1.23 bits per heavy atom. The van der Waals surface area contributed by atoms with E-state index in [-0.39, 0.29) is 29.6 Å². The smallest absolute Gasteiger partial charge is 0.252 e. The number of hydrogen-bond donors (Lipinski definition) is 1. The Balaban J connectivity index is 1.54. The van der Waals surface area contributed by atoms with Crippen molar-refractivity contribution < 1.29 is 9.53 Å². The molecule has 1 aromatic heterocycles. The van der Waals surface area contributed by atoms with Gasteiger partial charge in [0.25, 0.3) is 11.8 Å². The van der Waals surface area contributed by atoms with Crippen LogP contribution in [0.15, 0.2) is 41.6 Å². The highest BCUT2D eigenvalue weighted by atomic mass is 32.2. The van der Waals surface area contributed by atoms with Crippen LogP contribution in [-0.4, -0.2) is 34.3 Å². The van der Waals surface area contributed by atoms with E-state index in [9.17, 15) is 4.79 Å². The first-order valence-electron chi connectivity index (χ1n) is 8.53. The van der Waals surface area contributed by atoms with Crippen LogP contribution in [0.4, 0.5) is 0 Å². The number of thioether (sulfide) groups is 1. The lowest BCUT2D eigenvalue weighted by Gasteiger charge is -2.29. The van der Waals surface area contributed by atoms with Crippen LogP contribution in [0.5, 0.6) is 5.88 Å². The molecule has 1 amide bonds. The molecule has 7 heteroatoms. The van der Waals surface area contributed by atoms with Gasteiger partial charge in [-0.1, -0.05) is 12.1 Å².